The van der Waals surface area contributed by atoms with E-state index in [9.17, 15) is 34.6 Å². The van der Waals surface area contributed by atoms with Crippen molar-refractivity contribution in [3.63, 3.8) is 0 Å². The molecule has 4 N–H and O–H groups in total. The quantitative estimate of drug-likeness (QED) is 0.0426. The van der Waals surface area contributed by atoms with Gasteiger partial charge >= 0.3 is 82.5 Å². The fourth-order valence-corrected chi connectivity index (χ4v) is 2.52. The Bertz CT molecular complexity index is 1290. The van der Waals surface area contributed by atoms with E-state index in [-0.39, 0.29) is 83.7 Å². The standard InChI is InChI=1S/C5H4N6O3S.C5H7NO5.C3H5N5S.CH4.2Na.H2O/c1-15-5-6-4-8-7-2(11(13)14)3(12)10(4)9-5;1-3(7)4(6(9)10)5(8)11-2;1-9-3-5-2(6-4)7-8-3;;;;/h1H3,(H,6,8,9);4H,1-2H3;4H,1H3,(H,5,7,8);1H4;;;1H2/q;;;;2*+1;/p-1. The molecule has 3 rings (SSSR count). The first-order chi connectivity index (χ1) is 16.5. The second kappa shape index (κ2) is 21.4. The van der Waals surface area contributed by atoms with Crippen LogP contribution in [0.2, 0.25) is 0 Å². The van der Waals surface area contributed by atoms with Gasteiger partial charge in [-0.3, -0.25) is 24.8 Å². The molecule has 0 spiro atoms. The average Bonchev–Trinajstić information content (AvgIpc) is 3.46. The van der Waals surface area contributed by atoms with Gasteiger partial charge in [-0.25, -0.2) is 15.4 Å². The van der Waals surface area contributed by atoms with Crippen LogP contribution >= 0.6 is 23.5 Å². The fraction of sp³-hybridized carbons (Fsp3) is 0.429. The molecule has 0 fully saturated rings. The second-order valence-corrected chi connectivity index (χ2v) is 7.10. The molecule has 0 aromatic carbocycles. The molecule has 1 unspecified atom stereocenters. The summed E-state index contributed by atoms with van der Waals surface area (Å²) in [5, 5.41) is 39.9. The third kappa shape index (κ3) is 13.0. The van der Waals surface area contributed by atoms with Crippen molar-refractivity contribution < 1.29 is 88.8 Å². The summed E-state index contributed by atoms with van der Waals surface area (Å²) in [5.41, 5.74) is 5.64. The number of H-pyrrole nitrogens is 2. The van der Waals surface area contributed by atoms with Gasteiger partial charge in [-0.2, -0.15) is 14.5 Å². The van der Waals surface area contributed by atoms with Crippen LogP contribution in [-0.4, -0.2) is 92.7 Å². The Labute approximate surface area is 271 Å². The van der Waals surface area contributed by atoms with Gasteiger partial charge in [-0.1, -0.05) is 31.0 Å². The zero-order valence-corrected chi connectivity index (χ0v) is 26.3. The van der Waals surface area contributed by atoms with E-state index in [1.807, 2.05) is 6.26 Å². The normalized spacial score (nSPS) is 9.64. The number of Topliss-reactive ketones (excluding diaryl/α,β-unsaturated/α-hetero) is 1. The van der Waals surface area contributed by atoms with Crippen LogP contribution in [-0.2, 0) is 14.3 Å². The zero-order valence-electron chi connectivity index (χ0n) is 20.6. The SMILES string of the molecule is C.COC(=O)C(C(C)=O)[N+](=O)[O-].CSc1n[nH]c(N=N)n1.CSc1nc2nnc([N+](=O)[O-])c(=O)n2[nH]1.[Na+].[Na+].[OH-]. The fourth-order valence-electron chi connectivity index (χ4n) is 1.85. The maximum Gasteiger partial charge on any atom is 1.00 e. The van der Waals surface area contributed by atoms with Gasteiger partial charge in [0.15, 0.2) is 5.16 Å². The van der Waals surface area contributed by atoms with Gasteiger partial charge in [0.2, 0.25) is 10.9 Å². The van der Waals surface area contributed by atoms with Crippen LogP contribution in [0, 0.1) is 25.8 Å². The number of carbonyl (C=O) groups excluding carboxylic acids is 2. The number of thioether (sulfide) groups is 2. The van der Waals surface area contributed by atoms with E-state index in [4.69, 9.17) is 5.53 Å². The van der Waals surface area contributed by atoms with E-state index in [2.05, 4.69) is 45.3 Å². The molecule has 0 saturated heterocycles. The third-order valence-electron chi connectivity index (χ3n) is 3.37. The predicted octanol–water partition coefficient (Wildman–Crippen LogP) is -5.51. The van der Waals surface area contributed by atoms with Crippen molar-refractivity contribution in [3.8, 4) is 0 Å². The largest absolute Gasteiger partial charge is 1.00 e. The first kappa shape index (κ1) is 43.7. The van der Waals surface area contributed by atoms with Crippen LogP contribution in [0.4, 0.5) is 11.8 Å². The minimum Gasteiger partial charge on any atom is -0.870 e. The molecule has 204 valence electrons. The number of esters is 1. The molecule has 21 nitrogen and oxygen atoms in total. The number of hydrogen-bond donors (Lipinski definition) is 3. The number of ether oxygens (including phenoxy) is 1. The van der Waals surface area contributed by atoms with Crippen molar-refractivity contribution >= 4 is 52.8 Å². The maximum absolute atomic E-state index is 11.4. The van der Waals surface area contributed by atoms with Crippen LogP contribution in [0.1, 0.15) is 14.4 Å². The van der Waals surface area contributed by atoms with Crippen LogP contribution < -0.4 is 64.7 Å². The summed E-state index contributed by atoms with van der Waals surface area (Å²) >= 11 is 2.66. The number of aromatic nitrogens is 8. The summed E-state index contributed by atoms with van der Waals surface area (Å²) in [4.78, 5) is 58.6. The summed E-state index contributed by atoms with van der Waals surface area (Å²) in [6, 6.07) is -1.88. The number of nitro groups is 2. The molecule has 25 heteroatoms. The van der Waals surface area contributed by atoms with Crippen LogP contribution in [0.15, 0.2) is 20.2 Å². The molecule has 3 aromatic rings. The summed E-state index contributed by atoms with van der Waals surface area (Å²) in [6.45, 7) is 0.963. The van der Waals surface area contributed by atoms with Gasteiger partial charge < -0.3 is 20.3 Å². The Balaban J connectivity index is -0.000000232. The topological polar surface area (TPSA) is 313 Å². The van der Waals surface area contributed by atoms with Gasteiger partial charge in [0, 0.05) is 16.9 Å². The van der Waals surface area contributed by atoms with Gasteiger partial charge in [-0.15, -0.1) is 10.2 Å². The summed E-state index contributed by atoms with van der Waals surface area (Å²) in [5.74, 6) is -2.54. The maximum atomic E-state index is 11.4. The van der Waals surface area contributed by atoms with Gasteiger partial charge in [0.1, 0.15) is 0 Å². The Morgan fingerprint density at radius 3 is 2.08 bits per heavy atom. The number of nitrogens with zero attached hydrogens (tertiary/aromatic N) is 9. The van der Waals surface area contributed by atoms with Crippen molar-refractivity contribution in [1.29, 1.82) is 5.53 Å². The van der Waals surface area contributed by atoms with E-state index in [1.54, 1.807) is 6.26 Å². The molecule has 0 radical (unpaired) electrons. The summed E-state index contributed by atoms with van der Waals surface area (Å²) < 4.78 is 4.92. The molecule has 3 aromatic heterocycles. The molecule has 39 heavy (non-hydrogen) atoms. The molecule has 0 aliphatic rings. The Kier molecular flexibility index (Phi) is 24.0. The first-order valence-electron chi connectivity index (χ1n) is 8.60. The van der Waals surface area contributed by atoms with Gasteiger partial charge in [0.25, 0.3) is 11.7 Å². The number of ketones is 1. The minimum atomic E-state index is -1.88. The number of nitrogens with one attached hydrogen (secondary N) is 3. The minimum absolute atomic E-state index is 0. The molecule has 1 atom stereocenters. The van der Waals surface area contributed by atoms with Crippen molar-refractivity contribution in [2.75, 3.05) is 19.6 Å². The Hall–Kier alpha value is -2.38. The van der Waals surface area contributed by atoms with Crippen molar-refractivity contribution in [1.82, 2.24) is 40.0 Å². The smallest absolute Gasteiger partial charge is 0.870 e. The second-order valence-electron chi connectivity index (χ2n) is 5.53. The van der Waals surface area contributed by atoms with Gasteiger partial charge in [-0.05, 0) is 17.4 Å². The van der Waals surface area contributed by atoms with Crippen LogP contribution in [0.25, 0.3) is 5.78 Å². The molecule has 0 aliphatic heterocycles. The number of carbonyl (C=O) groups is 2. The number of aromatic amines is 2. The number of hydrogen-bond acceptors (Lipinski definition) is 18. The molecule has 0 saturated carbocycles. The molecule has 3 heterocycles. The summed E-state index contributed by atoms with van der Waals surface area (Å²) in [6.07, 6.45) is 3.60. The summed E-state index contributed by atoms with van der Waals surface area (Å²) in [7, 11) is 0.988. The van der Waals surface area contributed by atoms with Gasteiger partial charge in [0.05, 0.1) is 12.2 Å². The molecule has 0 aliphatic carbocycles. The van der Waals surface area contributed by atoms with Crippen molar-refractivity contribution in [2.45, 2.75) is 30.7 Å². The number of methoxy groups -OCH3 is 1. The molecular weight excluding hydrogens is 590 g/mol. The average molecular weight is 612 g/mol. The van der Waals surface area contributed by atoms with E-state index in [0.717, 1.165) is 18.5 Å². The molecular formula is C14H21N12Na2O9S2+. The molecule has 0 amide bonds. The number of rotatable bonds is 7. The van der Waals surface area contributed by atoms with Crippen LogP contribution in [0.5, 0.6) is 0 Å². The Morgan fingerprint density at radius 1 is 1.15 bits per heavy atom. The molecule has 0 bridgehead atoms. The van der Waals surface area contributed by atoms with Crippen molar-refractivity contribution in [3.05, 3.63) is 30.6 Å². The third-order valence-corrected chi connectivity index (χ3v) is 4.48. The van der Waals surface area contributed by atoms with Crippen molar-refractivity contribution in [2.24, 2.45) is 5.11 Å². The predicted molar refractivity (Wildman–Crippen MR) is 125 cm³/mol. The van der Waals surface area contributed by atoms with Crippen LogP contribution in [0.3, 0.4) is 0 Å². The van der Waals surface area contributed by atoms with E-state index in [1.165, 1.54) is 23.5 Å². The zero-order chi connectivity index (χ0) is 26.7. The van der Waals surface area contributed by atoms with E-state index in [0.29, 0.717) is 10.3 Å². The Morgan fingerprint density at radius 2 is 1.74 bits per heavy atom. The number of fused-ring (bicyclic) bond motifs is 1. The monoisotopic (exact) mass is 611 g/mol. The van der Waals surface area contributed by atoms with E-state index >= 15 is 0 Å². The first-order valence-corrected chi connectivity index (χ1v) is 11.0. The van der Waals surface area contributed by atoms with E-state index < -0.39 is 39.0 Å².